The summed E-state index contributed by atoms with van der Waals surface area (Å²) >= 11 is 2.82. The number of thioether (sulfide) groups is 1. The number of rotatable bonds is 11. The van der Waals surface area contributed by atoms with E-state index in [1.807, 2.05) is 24.3 Å². The van der Waals surface area contributed by atoms with E-state index < -0.39 is 15.0 Å². The number of nitrogens with one attached hydrogen (secondary N) is 1. The summed E-state index contributed by atoms with van der Waals surface area (Å²) in [4.78, 5) is 26.6. The van der Waals surface area contributed by atoms with Gasteiger partial charge in [0.15, 0.2) is 15.8 Å². The third-order valence-corrected chi connectivity index (χ3v) is 8.24. The highest BCUT2D eigenvalue weighted by atomic mass is 32.2. The van der Waals surface area contributed by atoms with E-state index in [1.165, 1.54) is 47.5 Å². The van der Waals surface area contributed by atoms with Crippen LogP contribution in [0.3, 0.4) is 0 Å². The van der Waals surface area contributed by atoms with Gasteiger partial charge in [-0.2, -0.15) is 13.5 Å². The number of aromatic nitrogens is 1. The van der Waals surface area contributed by atoms with Crippen molar-refractivity contribution in [1.29, 1.82) is 0 Å². The van der Waals surface area contributed by atoms with E-state index in [4.69, 9.17) is 8.92 Å². The van der Waals surface area contributed by atoms with E-state index in [0.717, 1.165) is 38.8 Å². The van der Waals surface area contributed by atoms with Crippen molar-refractivity contribution in [2.24, 2.45) is 5.10 Å². The molecule has 14 heteroatoms. The van der Waals surface area contributed by atoms with Crippen molar-refractivity contribution >= 4 is 61.2 Å². The Morgan fingerprint density at radius 2 is 1.92 bits per heavy atom. The number of fused-ring (bicyclic) bond motifs is 1. The fourth-order valence-corrected chi connectivity index (χ4v) is 5.89. The van der Waals surface area contributed by atoms with E-state index in [1.54, 1.807) is 6.92 Å². The molecule has 0 aliphatic heterocycles. The van der Waals surface area contributed by atoms with Crippen molar-refractivity contribution in [1.82, 2.24) is 10.4 Å². The van der Waals surface area contributed by atoms with Gasteiger partial charge in [0, 0.05) is 12.1 Å². The summed E-state index contributed by atoms with van der Waals surface area (Å²) in [6.45, 7) is 1.95. The summed E-state index contributed by atoms with van der Waals surface area (Å²) in [6.07, 6.45) is 1.39. The molecule has 4 rings (SSSR count). The molecule has 1 N–H and O–H groups in total. The number of nitrogens with zero attached hydrogens (tertiary/aromatic N) is 3. The maximum absolute atomic E-state index is 12.7. The molecule has 196 valence electrons. The molecule has 0 saturated carbocycles. The molecule has 0 radical (unpaired) electrons. The lowest BCUT2D eigenvalue weighted by Crippen LogP contribution is -2.19. The average molecular weight is 573 g/mol. The first-order valence-electron chi connectivity index (χ1n) is 11.0. The highest BCUT2D eigenvalue weighted by molar-refractivity contribution is 8.01. The summed E-state index contributed by atoms with van der Waals surface area (Å²) in [5.74, 6) is -0.114. The molecule has 11 nitrogen and oxygen atoms in total. The predicted octanol–water partition coefficient (Wildman–Crippen LogP) is 4.61. The van der Waals surface area contributed by atoms with E-state index in [9.17, 15) is 23.3 Å². The molecule has 4 aromatic rings. The molecule has 0 fully saturated rings. The van der Waals surface area contributed by atoms with Gasteiger partial charge in [0.25, 0.3) is 11.6 Å². The molecule has 0 aliphatic rings. The first-order chi connectivity index (χ1) is 18.2. The van der Waals surface area contributed by atoms with Crippen LogP contribution in [0.15, 0.2) is 81.1 Å². The number of hydrogen-bond acceptors (Lipinski definition) is 11. The number of hydrogen-bond donors (Lipinski definition) is 1. The van der Waals surface area contributed by atoms with E-state index >= 15 is 0 Å². The fraction of sp³-hybridized carbons (Fsp3) is 0.125. The van der Waals surface area contributed by atoms with Crippen molar-refractivity contribution in [3.63, 3.8) is 0 Å². The van der Waals surface area contributed by atoms with Crippen LogP contribution in [-0.4, -0.2) is 42.8 Å². The monoisotopic (exact) mass is 572 g/mol. The molecule has 3 aromatic carbocycles. The molecule has 0 saturated heterocycles. The molecule has 0 aliphatic carbocycles. The number of ether oxygens (including phenoxy) is 1. The Kier molecular flexibility index (Phi) is 8.55. The zero-order chi connectivity index (χ0) is 27.1. The quantitative estimate of drug-likeness (QED) is 0.0893. The number of amides is 1. The van der Waals surface area contributed by atoms with Gasteiger partial charge in [0.2, 0.25) is 0 Å². The lowest BCUT2D eigenvalue weighted by molar-refractivity contribution is -0.384. The Morgan fingerprint density at radius 1 is 1.16 bits per heavy atom. The minimum Gasteiger partial charge on any atom is -0.490 e. The van der Waals surface area contributed by atoms with Gasteiger partial charge in [0.1, 0.15) is 4.90 Å². The minimum atomic E-state index is -4.28. The molecule has 1 amide bonds. The van der Waals surface area contributed by atoms with Gasteiger partial charge >= 0.3 is 10.1 Å². The Morgan fingerprint density at radius 3 is 2.63 bits per heavy atom. The third-order valence-electron chi connectivity index (χ3n) is 4.81. The van der Waals surface area contributed by atoms with Crippen LogP contribution in [0.5, 0.6) is 11.5 Å². The van der Waals surface area contributed by atoms with Gasteiger partial charge in [-0.1, -0.05) is 23.9 Å². The summed E-state index contributed by atoms with van der Waals surface area (Å²) in [5.41, 5.74) is 3.61. The lowest BCUT2D eigenvalue weighted by atomic mass is 10.2. The average Bonchev–Trinajstić information content (AvgIpc) is 3.32. The van der Waals surface area contributed by atoms with Gasteiger partial charge in [-0.3, -0.25) is 14.9 Å². The largest absolute Gasteiger partial charge is 0.490 e. The van der Waals surface area contributed by atoms with Gasteiger partial charge in [-0.25, -0.2) is 10.4 Å². The second-order valence-corrected chi connectivity index (χ2v) is 11.3. The number of non-ortho nitro benzene ring substituents is 1. The van der Waals surface area contributed by atoms with Crippen molar-refractivity contribution < 1.29 is 27.1 Å². The maximum Gasteiger partial charge on any atom is 0.339 e. The summed E-state index contributed by atoms with van der Waals surface area (Å²) < 4.78 is 37.9. The van der Waals surface area contributed by atoms with Gasteiger partial charge < -0.3 is 8.92 Å². The van der Waals surface area contributed by atoms with Crippen LogP contribution in [-0.2, 0) is 14.9 Å². The normalized spacial score (nSPS) is 11.5. The standard InChI is InChI=1S/C24H20N4O7S3/c1-2-34-21-13-16(7-12-20(21)35-38(32,33)18-10-8-17(9-11-18)28(30)31)14-25-27-23(29)15-36-24-26-19-5-3-4-6-22(19)37-24/h3-14H,2,15H2,1H3,(H,27,29)/b25-14+. The lowest BCUT2D eigenvalue weighted by Gasteiger charge is -2.12. The molecular weight excluding hydrogens is 552 g/mol. The van der Waals surface area contributed by atoms with Crippen LogP contribution in [0.4, 0.5) is 5.69 Å². The van der Waals surface area contributed by atoms with Crippen LogP contribution >= 0.6 is 23.1 Å². The SMILES string of the molecule is CCOc1cc(/C=N/NC(=O)CSc2nc3ccccc3s2)ccc1OS(=O)(=O)c1ccc([N+](=O)[O-])cc1. The van der Waals surface area contributed by atoms with Crippen LogP contribution in [0, 0.1) is 10.1 Å². The van der Waals surface area contributed by atoms with E-state index in [0.29, 0.717) is 5.56 Å². The van der Waals surface area contributed by atoms with Gasteiger partial charge in [0.05, 0.1) is 33.7 Å². The summed E-state index contributed by atoms with van der Waals surface area (Å²) in [6, 6.07) is 16.5. The van der Waals surface area contributed by atoms with Crippen LogP contribution < -0.4 is 14.3 Å². The summed E-state index contributed by atoms with van der Waals surface area (Å²) in [7, 11) is -4.28. The smallest absolute Gasteiger partial charge is 0.339 e. The Labute approximate surface area is 225 Å². The number of carbonyl (C=O) groups excluding carboxylic acids is 1. The number of nitro benzene ring substituents is 1. The molecule has 0 atom stereocenters. The van der Waals surface area contributed by atoms with Crippen LogP contribution in [0.2, 0.25) is 0 Å². The molecule has 0 unspecified atom stereocenters. The second-order valence-electron chi connectivity index (χ2n) is 7.46. The first kappa shape index (κ1) is 27.0. The van der Waals surface area contributed by atoms with Gasteiger partial charge in [-0.05, 0) is 55.0 Å². The topological polar surface area (TPSA) is 150 Å². The van der Waals surface area contributed by atoms with E-state index in [2.05, 4.69) is 15.5 Å². The highest BCUT2D eigenvalue weighted by Crippen LogP contribution is 2.31. The fourth-order valence-electron chi connectivity index (χ4n) is 3.09. The maximum atomic E-state index is 12.7. The van der Waals surface area contributed by atoms with Crippen LogP contribution in [0.1, 0.15) is 12.5 Å². The zero-order valence-corrected chi connectivity index (χ0v) is 22.2. The Bertz CT molecular complexity index is 1570. The predicted molar refractivity (Wildman–Crippen MR) is 145 cm³/mol. The third kappa shape index (κ3) is 6.85. The van der Waals surface area contributed by atoms with Gasteiger partial charge in [-0.15, -0.1) is 11.3 Å². The second kappa shape index (κ2) is 12.0. The highest BCUT2D eigenvalue weighted by Gasteiger charge is 2.20. The summed E-state index contributed by atoms with van der Waals surface area (Å²) in [5, 5.41) is 14.8. The van der Waals surface area contributed by atoms with Crippen molar-refractivity contribution in [2.75, 3.05) is 12.4 Å². The van der Waals surface area contributed by atoms with E-state index in [-0.39, 0.29) is 40.3 Å². The number of thiazole rings is 1. The van der Waals surface area contributed by atoms with Crippen molar-refractivity contribution in [3.8, 4) is 11.5 Å². The molecule has 0 bridgehead atoms. The molecule has 0 spiro atoms. The molecule has 38 heavy (non-hydrogen) atoms. The number of nitro groups is 1. The number of hydrazone groups is 1. The molecular formula is C24H20N4O7S3. The Hall–Kier alpha value is -4.01. The molecule has 1 aromatic heterocycles. The van der Waals surface area contributed by atoms with Crippen molar-refractivity contribution in [2.45, 2.75) is 16.2 Å². The zero-order valence-electron chi connectivity index (χ0n) is 19.8. The number of para-hydroxylation sites is 1. The number of carbonyl (C=O) groups is 1. The van der Waals surface area contributed by atoms with Crippen molar-refractivity contribution in [3.05, 3.63) is 82.4 Å². The number of benzene rings is 3. The minimum absolute atomic E-state index is 0.0707. The van der Waals surface area contributed by atoms with Crippen LogP contribution in [0.25, 0.3) is 10.2 Å². The molecule has 1 heterocycles. The first-order valence-corrected chi connectivity index (χ1v) is 14.2. The Balaban J connectivity index is 1.38.